The zero-order valence-corrected chi connectivity index (χ0v) is 17.1. The van der Waals surface area contributed by atoms with Gasteiger partial charge in [0, 0.05) is 10.5 Å². The number of sulfonamides is 1. The van der Waals surface area contributed by atoms with Crippen molar-refractivity contribution in [1.82, 2.24) is 5.32 Å². The summed E-state index contributed by atoms with van der Waals surface area (Å²) in [5, 5.41) is 2.84. The molecule has 0 aliphatic heterocycles. The number of para-hydroxylation sites is 1. The molecule has 0 aliphatic carbocycles. The van der Waals surface area contributed by atoms with Crippen molar-refractivity contribution in [1.29, 1.82) is 0 Å². The third kappa shape index (κ3) is 4.76. The van der Waals surface area contributed by atoms with Crippen LogP contribution in [-0.2, 0) is 10.0 Å². The molecular formula is C18H21BrN2O4S. The summed E-state index contributed by atoms with van der Waals surface area (Å²) >= 11 is 3.26. The molecule has 0 aromatic heterocycles. The molecule has 1 amide bonds. The molecule has 0 spiro atoms. The summed E-state index contributed by atoms with van der Waals surface area (Å²) in [4.78, 5) is 12.4. The molecule has 0 aliphatic rings. The number of hydrogen-bond donors (Lipinski definition) is 2. The van der Waals surface area contributed by atoms with E-state index in [1.54, 1.807) is 36.4 Å². The van der Waals surface area contributed by atoms with Gasteiger partial charge < -0.3 is 10.1 Å². The van der Waals surface area contributed by atoms with E-state index in [4.69, 9.17) is 4.74 Å². The molecule has 1 atom stereocenters. The summed E-state index contributed by atoms with van der Waals surface area (Å²) < 4.78 is 33.9. The Morgan fingerprint density at radius 1 is 1.23 bits per heavy atom. The van der Waals surface area contributed by atoms with Crippen molar-refractivity contribution < 1.29 is 17.9 Å². The van der Waals surface area contributed by atoms with Gasteiger partial charge in [-0.05, 0) is 43.7 Å². The van der Waals surface area contributed by atoms with E-state index < -0.39 is 10.0 Å². The highest BCUT2D eigenvalue weighted by atomic mass is 79.9. The van der Waals surface area contributed by atoms with Crippen LogP contribution >= 0.6 is 15.9 Å². The number of rotatable bonds is 7. The number of anilines is 1. The Balaban J connectivity index is 2.40. The van der Waals surface area contributed by atoms with Crippen molar-refractivity contribution in [3.63, 3.8) is 0 Å². The van der Waals surface area contributed by atoms with E-state index in [-0.39, 0.29) is 33.8 Å². The molecule has 0 saturated heterocycles. The fourth-order valence-electron chi connectivity index (χ4n) is 2.23. The van der Waals surface area contributed by atoms with Gasteiger partial charge >= 0.3 is 0 Å². The van der Waals surface area contributed by atoms with Crippen LogP contribution in [0.15, 0.2) is 51.8 Å². The molecule has 2 aromatic carbocycles. The van der Waals surface area contributed by atoms with Gasteiger partial charge in [0.25, 0.3) is 15.9 Å². The Morgan fingerprint density at radius 3 is 2.58 bits per heavy atom. The topological polar surface area (TPSA) is 84.5 Å². The third-order valence-corrected chi connectivity index (χ3v) is 5.70. The second-order valence-electron chi connectivity index (χ2n) is 5.73. The Hall–Kier alpha value is -2.06. The number of halogens is 1. The molecule has 6 nitrogen and oxygen atoms in total. The number of benzene rings is 2. The first-order valence-electron chi connectivity index (χ1n) is 8.04. The average molecular weight is 441 g/mol. The van der Waals surface area contributed by atoms with Crippen LogP contribution in [-0.4, -0.2) is 27.5 Å². The zero-order valence-electron chi connectivity index (χ0n) is 14.7. The molecule has 0 fully saturated rings. The second kappa shape index (κ2) is 8.55. The molecule has 2 N–H and O–H groups in total. The van der Waals surface area contributed by atoms with Crippen LogP contribution in [0.25, 0.3) is 0 Å². The molecule has 26 heavy (non-hydrogen) atoms. The smallest absolute Gasteiger partial charge is 0.265 e. The van der Waals surface area contributed by atoms with E-state index in [9.17, 15) is 13.2 Å². The maximum Gasteiger partial charge on any atom is 0.265 e. The lowest BCUT2D eigenvalue weighted by molar-refractivity contribution is 0.0940. The lowest BCUT2D eigenvalue weighted by Crippen LogP contribution is -2.32. The lowest BCUT2D eigenvalue weighted by atomic mass is 10.1. The van der Waals surface area contributed by atoms with E-state index in [0.717, 1.165) is 6.42 Å². The van der Waals surface area contributed by atoms with E-state index in [0.29, 0.717) is 4.47 Å². The van der Waals surface area contributed by atoms with Crippen molar-refractivity contribution in [2.45, 2.75) is 31.2 Å². The quantitative estimate of drug-likeness (QED) is 0.685. The highest BCUT2D eigenvalue weighted by Crippen LogP contribution is 2.29. The van der Waals surface area contributed by atoms with Gasteiger partial charge in [-0.3, -0.25) is 9.52 Å². The molecule has 0 bridgehead atoms. The van der Waals surface area contributed by atoms with Gasteiger partial charge in [0.2, 0.25) is 0 Å². The first-order valence-corrected chi connectivity index (χ1v) is 10.3. The van der Waals surface area contributed by atoms with Gasteiger partial charge in [-0.1, -0.05) is 35.0 Å². The van der Waals surface area contributed by atoms with Crippen molar-refractivity contribution in [2.24, 2.45) is 0 Å². The van der Waals surface area contributed by atoms with Crippen LogP contribution in [0, 0.1) is 0 Å². The highest BCUT2D eigenvalue weighted by Gasteiger charge is 2.23. The lowest BCUT2D eigenvalue weighted by Gasteiger charge is -2.16. The minimum atomic E-state index is -3.95. The number of hydrogen-bond acceptors (Lipinski definition) is 4. The van der Waals surface area contributed by atoms with Gasteiger partial charge in [0.05, 0.1) is 18.4 Å². The highest BCUT2D eigenvalue weighted by molar-refractivity contribution is 9.10. The monoisotopic (exact) mass is 440 g/mol. The number of carbonyl (C=O) groups is 1. The summed E-state index contributed by atoms with van der Waals surface area (Å²) in [6.45, 7) is 3.84. The van der Waals surface area contributed by atoms with Gasteiger partial charge in [0.15, 0.2) is 0 Å². The zero-order chi connectivity index (χ0) is 19.3. The van der Waals surface area contributed by atoms with Crippen molar-refractivity contribution >= 4 is 37.5 Å². The van der Waals surface area contributed by atoms with E-state index >= 15 is 0 Å². The van der Waals surface area contributed by atoms with Gasteiger partial charge in [0.1, 0.15) is 10.6 Å². The fraction of sp³-hybridized carbons (Fsp3) is 0.278. The predicted molar refractivity (Wildman–Crippen MR) is 105 cm³/mol. The van der Waals surface area contributed by atoms with Crippen molar-refractivity contribution in [3.8, 4) is 5.75 Å². The number of ether oxygens (including phenoxy) is 1. The molecule has 0 radical (unpaired) electrons. The average Bonchev–Trinajstić information content (AvgIpc) is 2.61. The summed E-state index contributed by atoms with van der Waals surface area (Å²) in [6.07, 6.45) is 0.773. The molecule has 8 heteroatoms. The Labute approximate surface area is 162 Å². The first-order chi connectivity index (χ1) is 12.3. The van der Waals surface area contributed by atoms with Crippen LogP contribution in [0.1, 0.15) is 30.6 Å². The molecule has 0 heterocycles. The molecule has 140 valence electrons. The minimum absolute atomic E-state index is 0.0164. The van der Waals surface area contributed by atoms with Crippen LogP contribution < -0.4 is 14.8 Å². The summed E-state index contributed by atoms with van der Waals surface area (Å²) in [7, 11) is -2.56. The molecule has 0 saturated carbocycles. The van der Waals surface area contributed by atoms with Crippen LogP contribution in [0.4, 0.5) is 5.69 Å². The summed E-state index contributed by atoms with van der Waals surface area (Å²) in [5.74, 6) is -0.124. The number of nitrogens with one attached hydrogen (secondary N) is 2. The largest absolute Gasteiger partial charge is 0.495 e. The van der Waals surface area contributed by atoms with Gasteiger partial charge in [-0.2, -0.15) is 0 Å². The van der Waals surface area contributed by atoms with E-state index in [1.807, 2.05) is 13.8 Å². The van der Waals surface area contributed by atoms with Crippen LogP contribution in [0.3, 0.4) is 0 Å². The normalized spacial score (nSPS) is 12.3. The standard InChI is InChI=1S/C18H21BrN2O4S/c1-4-12(2)20-18(22)14-7-5-6-8-15(14)21-26(23,24)17-11-13(19)9-10-16(17)25-3/h5-12,21H,4H2,1-3H3,(H,20,22)/t12-/m1/s1. The molecule has 0 unspecified atom stereocenters. The number of carbonyl (C=O) groups excluding carboxylic acids is 1. The summed E-state index contributed by atoms with van der Waals surface area (Å²) in [5.41, 5.74) is 0.459. The molecular weight excluding hydrogens is 420 g/mol. The Bertz CT molecular complexity index is 900. The third-order valence-electron chi connectivity index (χ3n) is 3.82. The maximum absolute atomic E-state index is 12.8. The SMILES string of the molecule is CC[C@@H](C)NC(=O)c1ccccc1NS(=O)(=O)c1cc(Br)ccc1OC. The van der Waals surface area contributed by atoms with Gasteiger partial charge in [-0.25, -0.2) is 8.42 Å². The van der Waals surface area contributed by atoms with Gasteiger partial charge in [-0.15, -0.1) is 0 Å². The molecule has 2 aromatic rings. The minimum Gasteiger partial charge on any atom is -0.495 e. The molecule has 2 rings (SSSR count). The predicted octanol–water partition coefficient (Wildman–Crippen LogP) is 3.79. The maximum atomic E-state index is 12.8. The second-order valence-corrected chi connectivity index (χ2v) is 8.30. The number of methoxy groups -OCH3 is 1. The van der Waals surface area contributed by atoms with Crippen molar-refractivity contribution in [2.75, 3.05) is 11.8 Å². The number of amides is 1. The first kappa shape index (κ1) is 20.3. The Kier molecular flexibility index (Phi) is 6.66. The van der Waals surface area contributed by atoms with Crippen molar-refractivity contribution in [3.05, 3.63) is 52.5 Å². The van der Waals surface area contributed by atoms with E-state index in [2.05, 4.69) is 26.0 Å². The Morgan fingerprint density at radius 2 is 1.92 bits per heavy atom. The summed E-state index contributed by atoms with van der Waals surface area (Å²) in [6, 6.07) is 11.1. The van der Waals surface area contributed by atoms with E-state index in [1.165, 1.54) is 13.2 Å². The van der Waals surface area contributed by atoms with Crippen LogP contribution in [0.5, 0.6) is 5.75 Å². The van der Waals surface area contributed by atoms with Crippen LogP contribution in [0.2, 0.25) is 0 Å². The fourth-order valence-corrected chi connectivity index (χ4v) is 4.02.